The average molecular weight is 404 g/mol. The molecule has 2 heterocycles. The molecule has 28 heavy (non-hydrogen) atoms. The van der Waals surface area contributed by atoms with E-state index in [1.807, 2.05) is 26.0 Å². The Balaban J connectivity index is 1.82. The van der Waals surface area contributed by atoms with Crippen molar-refractivity contribution in [3.05, 3.63) is 34.6 Å². The Morgan fingerprint density at radius 3 is 2.25 bits per heavy atom. The number of anilines is 2. The van der Waals surface area contributed by atoms with Crippen LogP contribution in [0, 0.1) is 13.8 Å². The molecule has 0 bridgehead atoms. The minimum absolute atomic E-state index is 0.0267. The molecule has 0 saturated carbocycles. The van der Waals surface area contributed by atoms with Crippen molar-refractivity contribution in [2.24, 2.45) is 0 Å². The van der Waals surface area contributed by atoms with Crippen molar-refractivity contribution in [2.75, 3.05) is 11.1 Å². The first-order chi connectivity index (χ1) is 13.0. The van der Waals surface area contributed by atoms with Gasteiger partial charge in [-0.25, -0.2) is 4.98 Å². The second-order valence-electron chi connectivity index (χ2n) is 9.06. The zero-order valence-corrected chi connectivity index (χ0v) is 18.2. The number of ether oxygens (including phenoxy) is 1. The summed E-state index contributed by atoms with van der Waals surface area (Å²) in [5.41, 5.74) is 8.69. The van der Waals surface area contributed by atoms with Gasteiger partial charge in [0.05, 0.1) is 0 Å². The second-order valence-corrected chi connectivity index (χ2v) is 9.43. The van der Waals surface area contributed by atoms with Crippen LogP contribution in [0.15, 0.2) is 18.5 Å². The summed E-state index contributed by atoms with van der Waals surface area (Å²) in [6.07, 6.45) is 3.40. The van der Waals surface area contributed by atoms with Crippen LogP contribution in [0.2, 0.25) is 5.02 Å². The lowest BCUT2D eigenvalue weighted by Crippen LogP contribution is -2.60. The van der Waals surface area contributed by atoms with Gasteiger partial charge in [-0.15, -0.1) is 0 Å². The smallest absolute Gasteiger partial charge is 0.248 e. The molecule has 0 spiro atoms. The van der Waals surface area contributed by atoms with Crippen LogP contribution >= 0.6 is 11.6 Å². The van der Waals surface area contributed by atoms with Crippen molar-refractivity contribution in [3.63, 3.8) is 0 Å². The topological polar surface area (TPSA) is 85.1 Å². The summed E-state index contributed by atoms with van der Waals surface area (Å²) in [4.78, 5) is 8.57. The molecule has 1 aliphatic heterocycles. The van der Waals surface area contributed by atoms with Crippen LogP contribution in [0.4, 0.5) is 11.5 Å². The maximum absolute atomic E-state index is 6.34. The van der Waals surface area contributed by atoms with Gasteiger partial charge in [0.1, 0.15) is 17.8 Å². The number of aryl methyl sites for hydroxylation is 2. The highest BCUT2D eigenvalue weighted by molar-refractivity contribution is 6.32. The number of rotatable bonds is 4. The molecule has 1 aromatic carbocycles. The van der Waals surface area contributed by atoms with Gasteiger partial charge in [-0.1, -0.05) is 11.6 Å². The highest BCUT2D eigenvalue weighted by Crippen LogP contribution is 2.35. The Morgan fingerprint density at radius 2 is 1.68 bits per heavy atom. The second kappa shape index (κ2) is 7.41. The number of halogens is 1. The van der Waals surface area contributed by atoms with Crippen molar-refractivity contribution in [1.29, 1.82) is 0 Å². The number of hydrogen-bond donors (Lipinski definition) is 3. The van der Waals surface area contributed by atoms with Crippen LogP contribution in [-0.4, -0.2) is 27.1 Å². The zero-order valence-electron chi connectivity index (χ0n) is 17.5. The Kier molecular flexibility index (Phi) is 5.47. The lowest BCUT2D eigenvalue weighted by Gasteiger charge is -2.46. The summed E-state index contributed by atoms with van der Waals surface area (Å²) in [5, 5.41) is 7.92. The van der Waals surface area contributed by atoms with Crippen LogP contribution in [-0.2, 0) is 0 Å². The Hall–Kier alpha value is -2.05. The number of nitrogens with two attached hydrogens (primary N) is 1. The maximum Gasteiger partial charge on any atom is 0.248 e. The molecule has 4 N–H and O–H groups in total. The largest absolute Gasteiger partial charge is 0.437 e. The van der Waals surface area contributed by atoms with E-state index in [0.717, 1.165) is 29.0 Å². The van der Waals surface area contributed by atoms with E-state index in [9.17, 15) is 0 Å². The predicted molar refractivity (Wildman–Crippen MR) is 115 cm³/mol. The number of hydrogen-bond acceptors (Lipinski definition) is 6. The minimum Gasteiger partial charge on any atom is -0.437 e. The molecule has 0 amide bonds. The highest BCUT2D eigenvalue weighted by atomic mass is 35.5. The number of piperidine rings is 1. The van der Waals surface area contributed by atoms with Crippen LogP contribution < -0.4 is 21.1 Å². The van der Waals surface area contributed by atoms with E-state index in [4.69, 9.17) is 22.1 Å². The van der Waals surface area contributed by atoms with E-state index in [2.05, 4.69) is 48.3 Å². The summed E-state index contributed by atoms with van der Waals surface area (Å²) in [5.74, 6) is 1.59. The normalized spacial score (nSPS) is 18.7. The van der Waals surface area contributed by atoms with Gasteiger partial charge < -0.3 is 21.1 Å². The first-order valence-corrected chi connectivity index (χ1v) is 9.94. The maximum atomic E-state index is 6.34. The van der Waals surface area contributed by atoms with Gasteiger partial charge in [-0.2, -0.15) is 4.98 Å². The van der Waals surface area contributed by atoms with Gasteiger partial charge >= 0.3 is 0 Å². The minimum atomic E-state index is 0.0267. The molecule has 0 unspecified atom stereocenters. The van der Waals surface area contributed by atoms with Gasteiger partial charge in [0, 0.05) is 22.1 Å². The lowest BCUT2D eigenvalue weighted by molar-refractivity contribution is 0.170. The average Bonchev–Trinajstić information content (AvgIpc) is 2.53. The van der Waals surface area contributed by atoms with E-state index in [-0.39, 0.29) is 17.1 Å². The fourth-order valence-corrected chi connectivity index (χ4v) is 4.38. The van der Waals surface area contributed by atoms with E-state index in [1.165, 1.54) is 6.33 Å². The number of benzene rings is 1. The number of nitrogens with zero attached hydrogens (tertiary/aromatic N) is 2. The molecule has 1 fully saturated rings. The monoisotopic (exact) mass is 403 g/mol. The molecule has 0 atom stereocenters. The van der Waals surface area contributed by atoms with Crippen LogP contribution in [0.25, 0.3) is 0 Å². The highest BCUT2D eigenvalue weighted by Gasteiger charge is 2.38. The first kappa shape index (κ1) is 20.7. The van der Waals surface area contributed by atoms with Crippen molar-refractivity contribution in [2.45, 2.75) is 71.5 Å². The van der Waals surface area contributed by atoms with Gasteiger partial charge in [-0.3, -0.25) is 0 Å². The molecular weight excluding hydrogens is 374 g/mol. The molecule has 1 saturated heterocycles. The molecular formula is C21H30ClN5O. The molecule has 3 rings (SSSR count). The summed E-state index contributed by atoms with van der Waals surface area (Å²) in [6, 6.07) is 4.00. The van der Waals surface area contributed by atoms with Crippen LogP contribution in [0.1, 0.15) is 51.7 Å². The van der Waals surface area contributed by atoms with Gasteiger partial charge in [0.25, 0.3) is 0 Å². The Bertz CT molecular complexity index is 842. The molecule has 0 aliphatic carbocycles. The molecule has 2 aromatic rings. The van der Waals surface area contributed by atoms with E-state index >= 15 is 0 Å². The molecule has 7 heteroatoms. The summed E-state index contributed by atoms with van der Waals surface area (Å²) in [7, 11) is 0. The summed E-state index contributed by atoms with van der Waals surface area (Å²) < 4.78 is 5.95. The van der Waals surface area contributed by atoms with Gasteiger partial charge in [0.2, 0.25) is 5.88 Å². The SMILES string of the molecule is Cc1cc(Oc2ncnc(NC3CC(C)(C)NC(C)(C)C3)c2N)cc(C)c1Cl. The lowest BCUT2D eigenvalue weighted by atomic mass is 9.79. The Labute approximate surface area is 172 Å². The molecule has 152 valence electrons. The standard InChI is InChI=1S/C21H30ClN5O/c1-12-7-15(8-13(2)16(12)22)28-19-17(23)18(24-11-25-19)26-14-9-20(3,4)27-21(5,6)10-14/h7-8,11,14,27H,9-10,23H2,1-6H3,(H,24,25,26). The summed E-state index contributed by atoms with van der Waals surface area (Å²) >= 11 is 6.24. The third kappa shape index (κ3) is 4.67. The van der Waals surface area contributed by atoms with Crippen molar-refractivity contribution in [1.82, 2.24) is 15.3 Å². The molecule has 1 aliphatic rings. The molecule has 0 radical (unpaired) electrons. The summed E-state index contributed by atoms with van der Waals surface area (Å²) in [6.45, 7) is 12.7. The van der Waals surface area contributed by atoms with Gasteiger partial charge in [0.15, 0.2) is 5.82 Å². The van der Waals surface area contributed by atoms with E-state index in [0.29, 0.717) is 23.1 Å². The number of aromatic nitrogens is 2. The van der Waals surface area contributed by atoms with Crippen LogP contribution in [0.3, 0.4) is 0 Å². The number of nitrogens with one attached hydrogen (secondary N) is 2. The first-order valence-electron chi connectivity index (χ1n) is 9.57. The quantitative estimate of drug-likeness (QED) is 0.677. The van der Waals surface area contributed by atoms with Crippen molar-refractivity contribution < 1.29 is 4.74 Å². The van der Waals surface area contributed by atoms with Crippen molar-refractivity contribution >= 4 is 23.1 Å². The van der Waals surface area contributed by atoms with Gasteiger partial charge in [-0.05, 0) is 77.6 Å². The third-order valence-electron chi connectivity index (χ3n) is 5.00. The van der Waals surface area contributed by atoms with Crippen LogP contribution in [0.5, 0.6) is 11.6 Å². The molecule has 1 aromatic heterocycles. The van der Waals surface area contributed by atoms with E-state index in [1.54, 1.807) is 0 Å². The predicted octanol–water partition coefficient (Wildman–Crippen LogP) is 4.84. The fourth-order valence-electron chi connectivity index (χ4n) is 4.27. The number of nitrogen functional groups attached to an aromatic ring is 1. The third-order valence-corrected chi connectivity index (χ3v) is 5.60. The van der Waals surface area contributed by atoms with Crippen molar-refractivity contribution in [3.8, 4) is 11.6 Å². The zero-order chi connectivity index (χ0) is 20.7. The van der Waals surface area contributed by atoms with E-state index < -0.39 is 0 Å². The molecule has 6 nitrogen and oxygen atoms in total. The Morgan fingerprint density at radius 1 is 1.11 bits per heavy atom. The fraction of sp³-hybridized carbons (Fsp3) is 0.524.